The number of piperidine rings is 1. The number of carbonyl (C=O) groups is 1. The van der Waals surface area contributed by atoms with Crippen molar-refractivity contribution in [1.29, 1.82) is 0 Å². The summed E-state index contributed by atoms with van der Waals surface area (Å²) in [5.41, 5.74) is 3.71. The van der Waals surface area contributed by atoms with Gasteiger partial charge in [-0.25, -0.2) is 0 Å². The number of methoxy groups -OCH3 is 1. The van der Waals surface area contributed by atoms with Crippen LogP contribution in [0.3, 0.4) is 0 Å². The van der Waals surface area contributed by atoms with E-state index in [1.165, 1.54) is 16.6 Å². The molecular formula is C18H20BNO3. The number of rotatable bonds is 1. The molecule has 1 aromatic rings. The zero-order valence-corrected chi connectivity index (χ0v) is 13.8. The first-order chi connectivity index (χ1) is 11.1. The minimum Gasteiger partial charge on any atom is -0.493 e. The first-order valence-corrected chi connectivity index (χ1v) is 8.38. The van der Waals surface area contributed by atoms with Crippen molar-refractivity contribution in [2.45, 2.75) is 30.4 Å². The van der Waals surface area contributed by atoms with Gasteiger partial charge in [0, 0.05) is 17.5 Å². The summed E-state index contributed by atoms with van der Waals surface area (Å²) >= 11 is 0. The molecule has 1 aromatic carbocycles. The Hall–Kier alpha value is -1.75. The Kier molecular flexibility index (Phi) is 2.50. The Morgan fingerprint density at radius 3 is 3.09 bits per heavy atom. The van der Waals surface area contributed by atoms with Gasteiger partial charge in [0.2, 0.25) is 0 Å². The molecule has 5 heteroatoms. The number of hydrogen-bond acceptors (Lipinski definition) is 4. The monoisotopic (exact) mass is 309 g/mol. The van der Waals surface area contributed by atoms with E-state index in [1.807, 2.05) is 0 Å². The zero-order chi connectivity index (χ0) is 15.9. The Labute approximate surface area is 136 Å². The molecule has 0 aromatic heterocycles. The van der Waals surface area contributed by atoms with Gasteiger partial charge in [-0.15, -0.1) is 0 Å². The number of likely N-dealkylation sites (tertiary alicyclic amines) is 1. The van der Waals surface area contributed by atoms with Gasteiger partial charge in [0.1, 0.15) is 7.85 Å². The third-order valence-electron chi connectivity index (χ3n) is 6.56. The third-order valence-corrected chi connectivity index (χ3v) is 6.56. The lowest BCUT2D eigenvalue weighted by Crippen LogP contribution is -2.64. The fraction of sp³-hybridized carbons (Fsp3) is 0.500. The number of carbonyl (C=O) groups excluding carboxylic acids is 1. The molecule has 23 heavy (non-hydrogen) atoms. The summed E-state index contributed by atoms with van der Waals surface area (Å²) in [6.45, 7) is 1.01. The fourth-order valence-electron chi connectivity index (χ4n) is 5.48. The van der Waals surface area contributed by atoms with E-state index >= 15 is 0 Å². The molecule has 0 N–H and O–H groups in total. The van der Waals surface area contributed by atoms with Crippen molar-refractivity contribution in [3.8, 4) is 11.5 Å². The van der Waals surface area contributed by atoms with Crippen molar-refractivity contribution in [3.05, 3.63) is 29.3 Å². The lowest BCUT2D eigenvalue weighted by atomic mass is 9.52. The minimum atomic E-state index is -0.376. The van der Waals surface area contributed by atoms with Gasteiger partial charge < -0.3 is 14.4 Å². The number of ketones is 1. The maximum Gasteiger partial charge on any atom is 0.196 e. The molecule has 1 spiro atoms. The van der Waals surface area contributed by atoms with Crippen molar-refractivity contribution in [1.82, 2.24) is 4.90 Å². The van der Waals surface area contributed by atoms with Crippen LogP contribution in [-0.4, -0.2) is 51.4 Å². The SMILES string of the molecule is Bc1cc(OC)c2c3c1CC1C4C=CC(=O)[C@@H](O2)[C@@]34CCN1C. The molecule has 2 aliphatic carbocycles. The molecule has 1 fully saturated rings. The largest absolute Gasteiger partial charge is 0.493 e. The van der Waals surface area contributed by atoms with Crippen LogP contribution in [0.5, 0.6) is 11.5 Å². The molecule has 5 rings (SSSR count). The first-order valence-electron chi connectivity index (χ1n) is 8.38. The van der Waals surface area contributed by atoms with Gasteiger partial charge in [-0.1, -0.05) is 11.5 Å². The Morgan fingerprint density at radius 2 is 2.30 bits per heavy atom. The van der Waals surface area contributed by atoms with Crippen LogP contribution in [0, 0.1) is 5.92 Å². The van der Waals surface area contributed by atoms with E-state index in [2.05, 4.69) is 31.9 Å². The van der Waals surface area contributed by atoms with E-state index < -0.39 is 0 Å². The van der Waals surface area contributed by atoms with E-state index in [4.69, 9.17) is 9.47 Å². The molecule has 4 aliphatic rings. The van der Waals surface area contributed by atoms with Crippen LogP contribution in [0.25, 0.3) is 0 Å². The van der Waals surface area contributed by atoms with Gasteiger partial charge >= 0.3 is 0 Å². The minimum absolute atomic E-state index is 0.105. The molecule has 4 atom stereocenters. The highest BCUT2D eigenvalue weighted by Gasteiger charge is 2.64. The summed E-state index contributed by atoms with van der Waals surface area (Å²) in [7, 11) is 6.04. The number of nitrogens with zero attached hydrogens (tertiary/aromatic N) is 1. The summed E-state index contributed by atoms with van der Waals surface area (Å²) in [4.78, 5) is 15.1. The van der Waals surface area contributed by atoms with Crippen LogP contribution in [0.4, 0.5) is 0 Å². The first kappa shape index (κ1) is 13.7. The van der Waals surface area contributed by atoms with E-state index in [9.17, 15) is 4.79 Å². The van der Waals surface area contributed by atoms with Gasteiger partial charge in [0.25, 0.3) is 0 Å². The summed E-state index contributed by atoms with van der Waals surface area (Å²) in [5, 5.41) is 0. The van der Waals surface area contributed by atoms with Gasteiger partial charge in [0.15, 0.2) is 23.4 Å². The van der Waals surface area contributed by atoms with E-state index in [0.29, 0.717) is 12.0 Å². The van der Waals surface area contributed by atoms with Crippen molar-refractivity contribution < 1.29 is 14.3 Å². The van der Waals surface area contributed by atoms with E-state index in [0.717, 1.165) is 30.9 Å². The molecule has 0 saturated carbocycles. The number of hydrogen-bond donors (Lipinski definition) is 0. The van der Waals surface area contributed by atoms with E-state index in [1.54, 1.807) is 13.2 Å². The molecule has 1 saturated heterocycles. The smallest absolute Gasteiger partial charge is 0.196 e. The summed E-state index contributed by atoms with van der Waals surface area (Å²) in [5.74, 6) is 2.05. The predicted molar refractivity (Wildman–Crippen MR) is 89.6 cm³/mol. The van der Waals surface area contributed by atoms with Crippen molar-refractivity contribution >= 4 is 19.1 Å². The van der Waals surface area contributed by atoms with Crippen LogP contribution in [0.15, 0.2) is 18.2 Å². The zero-order valence-electron chi connectivity index (χ0n) is 13.8. The highest BCUT2D eigenvalue weighted by atomic mass is 16.5. The van der Waals surface area contributed by atoms with Crippen LogP contribution in [0.2, 0.25) is 0 Å². The fourth-order valence-corrected chi connectivity index (χ4v) is 5.48. The van der Waals surface area contributed by atoms with Gasteiger partial charge in [-0.3, -0.25) is 4.79 Å². The number of benzene rings is 1. The quantitative estimate of drug-likeness (QED) is 0.683. The normalized spacial score (nSPS) is 36.6. The molecule has 0 radical (unpaired) electrons. The highest BCUT2D eigenvalue weighted by Crippen LogP contribution is 2.61. The second-order valence-corrected chi connectivity index (χ2v) is 7.41. The topological polar surface area (TPSA) is 38.8 Å². The second kappa shape index (κ2) is 4.21. The number of likely N-dealkylation sites (N-methyl/N-ethyl adjacent to an activating group) is 1. The average Bonchev–Trinajstić information content (AvgIpc) is 2.89. The lowest BCUT2D eigenvalue weighted by Gasteiger charge is -2.55. The second-order valence-electron chi connectivity index (χ2n) is 7.41. The standard InChI is InChI=1S/C18H20BNO3/c1-20-6-5-18-10-3-4-13(21)17(18)23-16-14(22-2)8-11(19)9(15(16)18)7-12(10)20/h3-4,8,10,12,17H,5-7,19H2,1-2H3/t10?,12?,17-,18-/m1/s1. The van der Waals surface area contributed by atoms with Gasteiger partial charge in [-0.2, -0.15) is 0 Å². The van der Waals surface area contributed by atoms with Crippen LogP contribution >= 0.6 is 0 Å². The molecule has 4 nitrogen and oxygen atoms in total. The molecule has 2 heterocycles. The van der Waals surface area contributed by atoms with E-state index in [-0.39, 0.29) is 17.3 Å². The van der Waals surface area contributed by atoms with Crippen LogP contribution in [-0.2, 0) is 16.6 Å². The van der Waals surface area contributed by atoms with Crippen LogP contribution < -0.4 is 14.9 Å². The Balaban J connectivity index is 1.87. The maximum atomic E-state index is 12.6. The van der Waals surface area contributed by atoms with Crippen LogP contribution in [0.1, 0.15) is 17.5 Å². The molecule has 2 aliphatic heterocycles. The van der Waals surface area contributed by atoms with Crippen molar-refractivity contribution in [2.75, 3.05) is 20.7 Å². The summed E-state index contributed by atoms with van der Waals surface area (Å²) < 4.78 is 11.8. The molecule has 2 unspecified atom stereocenters. The lowest BCUT2D eigenvalue weighted by molar-refractivity contribution is -0.127. The van der Waals surface area contributed by atoms with Crippen molar-refractivity contribution in [2.24, 2.45) is 5.92 Å². The maximum absolute atomic E-state index is 12.6. The highest BCUT2D eigenvalue weighted by molar-refractivity contribution is 6.34. The number of ether oxygens (including phenoxy) is 2. The summed E-state index contributed by atoms with van der Waals surface area (Å²) in [6, 6.07) is 2.51. The van der Waals surface area contributed by atoms with Gasteiger partial charge in [0.05, 0.1) is 12.5 Å². The Bertz CT molecular complexity index is 774. The molecule has 0 amide bonds. The molecular weight excluding hydrogens is 289 g/mol. The molecule has 2 bridgehead atoms. The third kappa shape index (κ3) is 1.41. The summed E-state index contributed by atoms with van der Waals surface area (Å²) in [6.07, 6.45) is 5.51. The molecule has 118 valence electrons. The predicted octanol–water partition coefficient (Wildman–Crippen LogP) is -0.0323. The van der Waals surface area contributed by atoms with Crippen molar-refractivity contribution in [3.63, 3.8) is 0 Å². The Morgan fingerprint density at radius 1 is 1.48 bits per heavy atom. The van der Waals surface area contributed by atoms with Gasteiger partial charge in [-0.05, 0) is 44.1 Å². The average molecular weight is 309 g/mol.